The maximum absolute atomic E-state index is 13.3. The summed E-state index contributed by atoms with van der Waals surface area (Å²) >= 11 is 1.31. The standard InChI is InChI=1S/C21H23N3O3S2/c25-20(23-14-7-2-8-15-23)13-16-28-21-22-18-11-5-6-12-19(18)24(21)29(26,27)17-9-3-1-4-10-17/h1,3-6,9-12H,2,7-8,13-16H2. The van der Waals surface area contributed by atoms with Crippen molar-refractivity contribution >= 4 is 38.7 Å². The fraction of sp³-hybridized carbons (Fsp3) is 0.333. The van der Waals surface area contributed by atoms with Gasteiger partial charge < -0.3 is 4.90 Å². The van der Waals surface area contributed by atoms with Gasteiger partial charge in [-0.2, -0.15) is 0 Å². The van der Waals surface area contributed by atoms with E-state index in [-0.39, 0.29) is 10.8 Å². The third-order valence-corrected chi connectivity index (χ3v) is 7.80. The van der Waals surface area contributed by atoms with Crippen molar-refractivity contribution in [3.05, 3.63) is 54.6 Å². The fourth-order valence-electron chi connectivity index (χ4n) is 3.53. The SMILES string of the molecule is O=C(CCSc1nc2ccccc2n1S(=O)(=O)c1ccccc1)N1CCCCC1. The summed E-state index contributed by atoms with van der Waals surface area (Å²) in [5.74, 6) is 0.619. The molecule has 2 aromatic carbocycles. The average molecular weight is 430 g/mol. The number of piperidine rings is 1. The molecule has 0 saturated carbocycles. The van der Waals surface area contributed by atoms with Crippen LogP contribution in [0.1, 0.15) is 25.7 Å². The minimum absolute atomic E-state index is 0.130. The van der Waals surface area contributed by atoms with Crippen LogP contribution in [0.3, 0.4) is 0 Å². The Morgan fingerprint density at radius 3 is 2.41 bits per heavy atom. The quantitative estimate of drug-likeness (QED) is 0.558. The Kier molecular flexibility index (Phi) is 5.91. The summed E-state index contributed by atoms with van der Waals surface area (Å²) in [4.78, 5) is 19.1. The molecule has 0 spiro atoms. The van der Waals surface area contributed by atoms with Crippen LogP contribution in [0.4, 0.5) is 0 Å². The van der Waals surface area contributed by atoms with E-state index in [4.69, 9.17) is 0 Å². The summed E-state index contributed by atoms with van der Waals surface area (Å²) in [6.07, 6.45) is 3.67. The van der Waals surface area contributed by atoms with E-state index in [1.165, 1.54) is 22.2 Å². The Morgan fingerprint density at radius 2 is 1.66 bits per heavy atom. The van der Waals surface area contributed by atoms with Crippen molar-refractivity contribution in [1.82, 2.24) is 13.9 Å². The molecule has 29 heavy (non-hydrogen) atoms. The highest BCUT2D eigenvalue weighted by atomic mass is 32.2. The highest BCUT2D eigenvalue weighted by Gasteiger charge is 2.25. The second-order valence-electron chi connectivity index (χ2n) is 7.01. The summed E-state index contributed by atoms with van der Waals surface area (Å²) in [6.45, 7) is 1.65. The van der Waals surface area contributed by atoms with Crippen molar-refractivity contribution < 1.29 is 13.2 Å². The number of amides is 1. The summed E-state index contributed by atoms with van der Waals surface area (Å²) in [5.41, 5.74) is 1.16. The number of para-hydroxylation sites is 2. The second-order valence-corrected chi connectivity index (χ2v) is 9.85. The van der Waals surface area contributed by atoms with Gasteiger partial charge in [-0.25, -0.2) is 17.4 Å². The highest BCUT2D eigenvalue weighted by Crippen LogP contribution is 2.29. The lowest BCUT2D eigenvalue weighted by atomic mass is 10.1. The van der Waals surface area contributed by atoms with Crippen LogP contribution in [0.15, 0.2) is 64.6 Å². The Bertz CT molecular complexity index is 1100. The predicted molar refractivity (Wildman–Crippen MR) is 115 cm³/mol. The molecular weight excluding hydrogens is 406 g/mol. The number of benzene rings is 2. The minimum atomic E-state index is -3.79. The van der Waals surface area contributed by atoms with Crippen molar-refractivity contribution in [3.8, 4) is 0 Å². The third kappa shape index (κ3) is 4.18. The molecule has 0 aliphatic carbocycles. The molecule has 0 atom stereocenters. The number of carbonyl (C=O) groups is 1. The van der Waals surface area contributed by atoms with Crippen LogP contribution in [0.2, 0.25) is 0 Å². The second kappa shape index (κ2) is 8.59. The van der Waals surface area contributed by atoms with Crippen molar-refractivity contribution in [3.63, 3.8) is 0 Å². The van der Waals surface area contributed by atoms with Gasteiger partial charge in [0, 0.05) is 25.3 Å². The number of aromatic nitrogens is 2. The first-order chi connectivity index (χ1) is 14.1. The van der Waals surface area contributed by atoms with E-state index in [1.54, 1.807) is 48.5 Å². The Balaban J connectivity index is 1.60. The molecule has 3 aromatic rings. The number of hydrogen-bond acceptors (Lipinski definition) is 5. The van der Waals surface area contributed by atoms with Crippen LogP contribution in [0.5, 0.6) is 0 Å². The number of hydrogen-bond donors (Lipinski definition) is 0. The van der Waals surface area contributed by atoms with E-state index in [0.29, 0.717) is 28.4 Å². The number of fused-ring (bicyclic) bond motifs is 1. The van der Waals surface area contributed by atoms with Gasteiger partial charge in [0.25, 0.3) is 10.0 Å². The lowest BCUT2D eigenvalue weighted by Crippen LogP contribution is -2.35. The van der Waals surface area contributed by atoms with Gasteiger partial charge in [-0.05, 0) is 43.5 Å². The largest absolute Gasteiger partial charge is 0.343 e. The summed E-state index contributed by atoms with van der Waals surface area (Å²) in [7, 11) is -3.79. The van der Waals surface area contributed by atoms with Gasteiger partial charge in [0.15, 0.2) is 5.16 Å². The molecule has 4 rings (SSSR count). The van der Waals surface area contributed by atoms with Gasteiger partial charge in [0.1, 0.15) is 0 Å². The van der Waals surface area contributed by atoms with Gasteiger partial charge in [0.2, 0.25) is 5.91 Å². The maximum atomic E-state index is 13.3. The van der Waals surface area contributed by atoms with Crippen molar-refractivity contribution in [2.45, 2.75) is 35.7 Å². The van der Waals surface area contributed by atoms with Crippen molar-refractivity contribution in [1.29, 1.82) is 0 Å². The number of carbonyl (C=O) groups excluding carboxylic acids is 1. The zero-order valence-electron chi connectivity index (χ0n) is 16.0. The van der Waals surface area contributed by atoms with E-state index < -0.39 is 10.0 Å². The lowest BCUT2D eigenvalue weighted by molar-refractivity contribution is -0.131. The first-order valence-electron chi connectivity index (χ1n) is 9.76. The summed E-state index contributed by atoms with van der Waals surface area (Å²) in [5, 5.41) is 0.390. The number of nitrogens with zero attached hydrogens (tertiary/aromatic N) is 3. The van der Waals surface area contributed by atoms with Crippen LogP contribution in [-0.4, -0.2) is 47.0 Å². The molecule has 1 amide bonds. The van der Waals surface area contributed by atoms with E-state index >= 15 is 0 Å². The molecular formula is C21H23N3O3S2. The Morgan fingerprint density at radius 1 is 0.966 bits per heavy atom. The molecule has 1 aliphatic rings. The molecule has 1 aromatic heterocycles. The smallest absolute Gasteiger partial charge is 0.270 e. The average Bonchev–Trinajstić information content (AvgIpc) is 3.14. The minimum Gasteiger partial charge on any atom is -0.343 e. The van der Waals surface area contributed by atoms with Crippen LogP contribution >= 0.6 is 11.8 Å². The molecule has 2 heterocycles. The molecule has 0 unspecified atom stereocenters. The van der Waals surface area contributed by atoms with E-state index in [0.717, 1.165) is 25.9 Å². The maximum Gasteiger partial charge on any atom is 0.270 e. The molecule has 8 heteroatoms. The zero-order chi connectivity index (χ0) is 20.3. The highest BCUT2D eigenvalue weighted by molar-refractivity contribution is 8.00. The van der Waals surface area contributed by atoms with Crippen molar-refractivity contribution in [2.75, 3.05) is 18.8 Å². The molecule has 6 nitrogen and oxygen atoms in total. The predicted octanol–water partition coefficient (Wildman–Crippen LogP) is 3.77. The third-order valence-electron chi connectivity index (χ3n) is 5.03. The van der Waals surface area contributed by atoms with Gasteiger partial charge in [-0.3, -0.25) is 4.79 Å². The van der Waals surface area contributed by atoms with E-state index in [1.807, 2.05) is 11.0 Å². The number of imidazole rings is 1. The monoisotopic (exact) mass is 429 g/mol. The van der Waals surface area contributed by atoms with E-state index in [2.05, 4.69) is 4.98 Å². The number of likely N-dealkylation sites (tertiary alicyclic amines) is 1. The summed E-state index contributed by atoms with van der Waals surface area (Å²) < 4.78 is 27.9. The van der Waals surface area contributed by atoms with Gasteiger partial charge in [-0.1, -0.05) is 42.1 Å². The first kappa shape index (κ1) is 20.0. The molecule has 0 bridgehead atoms. The van der Waals surface area contributed by atoms with Crippen LogP contribution in [-0.2, 0) is 14.8 Å². The first-order valence-corrected chi connectivity index (χ1v) is 12.2. The summed E-state index contributed by atoms with van der Waals surface area (Å²) in [6, 6.07) is 15.6. The molecule has 1 saturated heterocycles. The fourth-order valence-corrected chi connectivity index (χ4v) is 6.20. The van der Waals surface area contributed by atoms with Crippen LogP contribution < -0.4 is 0 Å². The van der Waals surface area contributed by atoms with Crippen LogP contribution in [0.25, 0.3) is 11.0 Å². The van der Waals surface area contributed by atoms with Gasteiger partial charge in [0.05, 0.1) is 15.9 Å². The molecule has 1 fully saturated rings. The number of rotatable bonds is 6. The van der Waals surface area contributed by atoms with Crippen molar-refractivity contribution in [2.24, 2.45) is 0 Å². The molecule has 152 valence electrons. The lowest BCUT2D eigenvalue weighted by Gasteiger charge is -2.26. The van der Waals surface area contributed by atoms with Gasteiger partial charge >= 0.3 is 0 Å². The molecule has 0 N–H and O–H groups in total. The molecule has 1 aliphatic heterocycles. The van der Waals surface area contributed by atoms with Crippen LogP contribution in [0, 0.1) is 0 Å². The van der Waals surface area contributed by atoms with E-state index in [9.17, 15) is 13.2 Å². The Labute approximate surface area is 175 Å². The zero-order valence-corrected chi connectivity index (χ0v) is 17.7. The topological polar surface area (TPSA) is 72.3 Å². The Hall–Kier alpha value is -2.32. The molecule has 0 radical (unpaired) electrons. The van der Waals surface area contributed by atoms with Gasteiger partial charge in [-0.15, -0.1) is 0 Å². The normalized spacial score (nSPS) is 15.0. The number of thioether (sulfide) groups is 1.